The van der Waals surface area contributed by atoms with E-state index in [1.807, 2.05) is 24.3 Å². The van der Waals surface area contributed by atoms with Gasteiger partial charge in [-0.15, -0.1) is 0 Å². The van der Waals surface area contributed by atoms with E-state index >= 15 is 0 Å². The van der Waals surface area contributed by atoms with Crippen LogP contribution >= 0.6 is 15.9 Å². The van der Waals surface area contributed by atoms with Gasteiger partial charge in [0.05, 0.1) is 6.61 Å². The first kappa shape index (κ1) is 16.5. The maximum absolute atomic E-state index is 5.80. The lowest BCUT2D eigenvalue weighted by atomic mass is 9.96. The Morgan fingerprint density at radius 3 is 2.74 bits per heavy atom. The van der Waals surface area contributed by atoms with Crippen molar-refractivity contribution in [2.24, 2.45) is 5.92 Å². The highest BCUT2D eigenvalue weighted by atomic mass is 79.9. The van der Waals surface area contributed by atoms with Crippen LogP contribution in [0.5, 0.6) is 5.75 Å². The van der Waals surface area contributed by atoms with Crippen LogP contribution in [0.15, 0.2) is 28.7 Å². The number of rotatable bonds is 9. The maximum atomic E-state index is 5.80. The van der Waals surface area contributed by atoms with Gasteiger partial charge in [0.1, 0.15) is 5.75 Å². The highest BCUT2D eigenvalue weighted by molar-refractivity contribution is 9.10. The van der Waals surface area contributed by atoms with Crippen molar-refractivity contribution in [3.63, 3.8) is 0 Å². The third-order valence-corrected chi connectivity index (χ3v) is 3.91. The quantitative estimate of drug-likeness (QED) is 0.713. The second-order valence-corrected chi connectivity index (χ2v) is 5.96. The fraction of sp³-hybridized carbons (Fsp3) is 0.625. The molecular weight excluding hydrogens is 302 g/mol. The van der Waals surface area contributed by atoms with Crippen LogP contribution < -0.4 is 10.1 Å². The normalized spacial score (nSPS) is 14.1. The number of hydrogen-bond donors (Lipinski definition) is 1. The Hall–Kier alpha value is -0.540. The Kier molecular flexibility index (Phi) is 8.15. The minimum absolute atomic E-state index is 0.603. The van der Waals surface area contributed by atoms with Crippen LogP contribution in [0.2, 0.25) is 0 Å². The van der Waals surface area contributed by atoms with Crippen molar-refractivity contribution in [2.45, 2.75) is 46.1 Å². The van der Waals surface area contributed by atoms with Crippen LogP contribution in [0, 0.1) is 5.92 Å². The highest BCUT2D eigenvalue weighted by Crippen LogP contribution is 2.19. The van der Waals surface area contributed by atoms with E-state index in [4.69, 9.17) is 4.74 Å². The van der Waals surface area contributed by atoms with E-state index in [-0.39, 0.29) is 0 Å². The zero-order valence-electron chi connectivity index (χ0n) is 12.3. The van der Waals surface area contributed by atoms with Crippen LogP contribution in [0.1, 0.15) is 40.0 Å². The molecule has 2 atom stereocenters. The summed E-state index contributed by atoms with van der Waals surface area (Å²) < 4.78 is 6.86. The number of ether oxygens (including phenoxy) is 1. The molecule has 0 radical (unpaired) electrons. The Labute approximate surface area is 126 Å². The van der Waals surface area contributed by atoms with E-state index in [1.54, 1.807) is 0 Å². The van der Waals surface area contributed by atoms with Gasteiger partial charge in [-0.05, 0) is 49.9 Å². The SMILES string of the molecule is CCCNC(CC)C(C)CCOc1cccc(Br)c1. The number of nitrogens with one attached hydrogen (secondary N) is 1. The summed E-state index contributed by atoms with van der Waals surface area (Å²) in [6, 6.07) is 8.63. The summed E-state index contributed by atoms with van der Waals surface area (Å²) in [6.07, 6.45) is 3.46. The lowest BCUT2D eigenvalue weighted by molar-refractivity contribution is 0.253. The van der Waals surface area contributed by atoms with Crippen molar-refractivity contribution >= 4 is 15.9 Å². The highest BCUT2D eigenvalue weighted by Gasteiger charge is 2.14. The standard InChI is InChI=1S/C16H26BrNO/c1-4-10-18-16(5-2)13(3)9-11-19-15-8-6-7-14(17)12-15/h6-8,12-13,16,18H,4-5,9-11H2,1-3H3. The topological polar surface area (TPSA) is 21.3 Å². The van der Waals surface area contributed by atoms with E-state index in [2.05, 4.69) is 42.0 Å². The van der Waals surface area contributed by atoms with Gasteiger partial charge in [-0.3, -0.25) is 0 Å². The fourth-order valence-corrected chi connectivity index (χ4v) is 2.58. The molecule has 2 nitrogen and oxygen atoms in total. The van der Waals surface area contributed by atoms with Gasteiger partial charge in [-0.2, -0.15) is 0 Å². The summed E-state index contributed by atoms with van der Waals surface area (Å²) in [5.74, 6) is 1.58. The molecule has 1 rings (SSSR count). The lowest BCUT2D eigenvalue weighted by Crippen LogP contribution is -2.35. The second-order valence-electron chi connectivity index (χ2n) is 5.04. The first-order valence-corrected chi connectivity index (χ1v) is 8.08. The van der Waals surface area contributed by atoms with Crippen molar-refractivity contribution in [3.05, 3.63) is 28.7 Å². The van der Waals surface area contributed by atoms with Gasteiger partial charge < -0.3 is 10.1 Å². The molecule has 2 unspecified atom stereocenters. The summed E-state index contributed by atoms with van der Waals surface area (Å²) in [5, 5.41) is 3.61. The fourth-order valence-electron chi connectivity index (χ4n) is 2.20. The molecule has 1 aromatic carbocycles. The van der Waals surface area contributed by atoms with Gasteiger partial charge >= 0.3 is 0 Å². The Morgan fingerprint density at radius 1 is 1.32 bits per heavy atom. The predicted molar refractivity (Wildman–Crippen MR) is 85.8 cm³/mol. The van der Waals surface area contributed by atoms with Gasteiger partial charge in [-0.25, -0.2) is 0 Å². The average molecular weight is 328 g/mol. The molecule has 1 N–H and O–H groups in total. The Morgan fingerprint density at radius 2 is 2.11 bits per heavy atom. The van der Waals surface area contributed by atoms with E-state index in [9.17, 15) is 0 Å². The molecule has 108 valence electrons. The van der Waals surface area contributed by atoms with Crippen molar-refractivity contribution in [1.29, 1.82) is 0 Å². The molecule has 0 aliphatic rings. The zero-order chi connectivity index (χ0) is 14.1. The van der Waals surface area contributed by atoms with Gasteiger partial charge in [-0.1, -0.05) is 42.8 Å². The maximum Gasteiger partial charge on any atom is 0.120 e. The van der Waals surface area contributed by atoms with Crippen LogP contribution in [0.4, 0.5) is 0 Å². The largest absolute Gasteiger partial charge is 0.494 e. The molecule has 0 aromatic heterocycles. The molecule has 0 fully saturated rings. The summed E-state index contributed by atoms with van der Waals surface area (Å²) in [7, 11) is 0. The summed E-state index contributed by atoms with van der Waals surface area (Å²) in [6.45, 7) is 8.65. The Bertz CT molecular complexity index is 356. The van der Waals surface area contributed by atoms with Gasteiger partial charge in [0.2, 0.25) is 0 Å². The Balaban J connectivity index is 2.30. The van der Waals surface area contributed by atoms with E-state index in [0.29, 0.717) is 12.0 Å². The minimum atomic E-state index is 0.603. The van der Waals surface area contributed by atoms with Crippen molar-refractivity contribution < 1.29 is 4.74 Å². The summed E-state index contributed by atoms with van der Waals surface area (Å²) in [5.41, 5.74) is 0. The van der Waals surface area contributed by atoms with Crippen molar-refractivity contribution in [1.82, 2.24) is 5.32 Å². The van der Waals surface area contributed by atoms with E-state index < -0.39 is 0 Å². The molecule has 0 saturated carbocycles. The molecule has 0 bridgehead atoms. The average Bonchev–Trinajstić information content (AvgIpc) is 2.39. The van der Waals surface area contributed by atoms with Gasteiger partial charge in [0.15, 0.2) is 0 Å². The minimum Gasteiger partial charge on any atom is -0.494 e. The smallest absolute Gasteiger partial charge is 0.120 e. The molecule has 0 saturated heterocycles. The second kappa shape index (κ2) is 9.38. The first-order chi connectivity index (χ1) is 9.17. The third kappa shape index (κ3) is 6.44. The monoisotopic (exact) mass is 327 g/mol. The molecule has 0 aliphatic heterocycles. The van der Waals surface area contributed by atoms with Crippen molar-refractivity contribution in [2.75, 3.05) is 13.2 Å². The molecule has 0 heterocycles. The zero-order valence-corrected chi connectivity index (χ0v) is 13.9. The summed E-state index contributed by atoms with van der Waals surface area (Å²) >= 11 is 3.46. The van der Waals surface area contributed by atoms with Gasteiger partial charge in [0.25, 0.3) is 0 Å². The molecule has 1 aromatic rings. The number of hydrogen-bond acceptors (Lipinski definition) is 2. The number of halogens is 1. The molecule has 0 amide bonds. The van der Waals surface area contributed by atoms with Crippen LogP contribution in [0.3, 0.4) is 0 Å². The molecule has 19 heavy (non-hydrogen) atoms. The lowest BCUT2D eigenvalue weighted by Gasteiger charge is -2.24. The molecule has 0 aliphatic carbocycles. The molecule has 3 heteroatoms. The third-order valence-electron chi connectivity index (χ3n) is 3.42. The summed E-state index contributed by atoms with van der Waals surface area (Å²) in [4.78, 5) is 0. The van der Waals surface area contributed by atoms with Crippen LogP contribution in [-0.4, -0.2) is 19.2 Å². The van der Waals surface area contributed by atoms with E-state index in [1.165, 1.54) is 12.8 Å². The molecular formula is C16H26BrNO. The first-order valence-electron chi connectivity index (χ1n) is 7.29. The molecule has 0 spiro atoms. The van der Waals surface area contributed by atoms with Crippen LogP contribution in [0.25, 0.3) is 0 Å². The number of benzene rings is 1. The predicted octanol–water partition coefficient (Wildman–Crippen LogP) is 4.63. The van der Waals surface area contributed by atoms with Crippen LogP contribution in [-0.2, 0) is 0 Å². The van der Waals surface area contributed by atoms with Crippen molar-refractivity contribution in [3.8, 4) is 5.75 Å². The van der Waals surface area contributed by atoms with E-state index in [0.717, 1.165) is 29.8 Å². The van der Waals surface area contributed by atoms with Gasteiger partial charge in [0, 0.05) is 10.5 Å².